The lowest BCUT2D eigenvalue weighted by molar-refractivity contribution is 0.660. The highest BCUT2D eigenvalue weighted by molar-refractivity contribution is 6.90. The Labute approximate surface area is 341 Å². The molecule has 3 aliphatic rings. The SMILES string of the molecule is CC1(C)c2ccccc2-c2c1cc1c3c2-c2cccc4c5cc6ccccc6cc5n(c24)B3c2ccc(-c3ccccc3)cc2N1c1cccc2c1oc1ccccc12. The van der Waals surface area contributed by atoms with Crippen molar-refractivity contribution in [1.29, 1.82) is 0 Å². The van der Waals surface area contributed by atoms with Crippen LogP contribution in [0.5, 0.6) is 0 Å². The first-order chi connectivity index (χ1) is 29.0. The number of furan rings is 1. The highest BCUT2D eigenvalue weighted by atomic mass is 16.3. The van der Waals surface area contributed by atoms with E-state index in [1.165, 1.54) is 99.4 Å². The maximum Gasteiger partial charge on any atom is 0.333 e. The molecule has 59 heavy (non-hydrogen) atoms. The van der Waals surface area contributed by atoms with Crippen LogP contribution >= 0.6 is 0 Å². The summed E-state index contributed by atoms with van der Waals surface area (Å²) >= 11 is 0. The second-order valence-electron chi connectivity index (χ2n) is 17.2. The largest absolute Gasteiger partial charge is 0.454 e. The molecule has 3 nitrogen and oxygen atoms in total. The van der Waals surface area contributed by atoms with Crippen LogP contribution in [0.4, 0.5) is 17.1 Å². The van der Waals surface area contributed by atoms with Gasteiger partial charge in [-0.05, 0) is 97.0 Å². The van der Waals surface area contributed by atoms with Gasteiger partial charge in [0.15, 0.2) is 5.58 Å². The predicted molar refractivity (Wildman–Crippen MR) is 248 cm³/mol. The molecule has 0 unspecified atom stereocenters. The zero-order valence-corrected chi connectivity index (χ0v) is 32.6. The van der Waals surface area contributed by atoms with Crippen LogP contribution in [0.25, 0.3) is 87.9 Å². The van der Waals surface area contributed by atoms with Crippen LogP contribution in [0.2, 0.25) is 0 Å². The molecule has 0 fully saturated rings. The van der Waals surface area contributed by atoms with Crippen LogP contribution in [0.3, 0.4) is 0 Å². The van der Waals surface area contributed by atoms with Gasteiger partial charge in [-0.3, -0.25) is 0 Å². The van der Waals surface area contributed by atoms with E-state index < -0.39 is 0 Å². The first-order valence-electron chi connectivity index (χ1n) is 20.7. The molecule has 274 valence electrons. The van der Waals surface area contributed by atoms with E-state index in [0.717, 1.165) is 27.6 Å². The van der Waals surface area contributed by atoms with Gasteiger partial charge in [0.05, 0.1) is 5.69 Å². The van der Waals surface area contributed by atoms with E-state index in [1.807, 2.05) is 0 Å². The number of benzene rings is 9. The molecule has 11 aromatic rings. The summed E-state index contributed by atoms with van der Waals surface area (Å²) in [6.07, 6.45) is 0. The normalized spacial score (nSPS) is 14.3. The Morgan fingerprint density at radius 1 is 0.492 bits per heavy atom. The van der Waals surface area contributed by atoms with Crippen molar-refractivity contribution in [2.24, 2.45) is 0 Å². The Kier molecular flexibility index (Phi) is 5.92. The molecule has 2 aromatic heterocycles. The van der Waals surface area contributed by atoms with E-state index in [-0.39, 0.29) is 12.3 Å². The van der Waals surface area contributed by atoms with Crippen molar-refractivity contribution in [3.8, 4) is 33.4 Å². The average Bonchev–Trinajstić information content (AvgIpc) is 3.90. The van der Waals surface area contributed by atoms with Crippen molar-refractivity contribution < 1.29 is 4.42 Å². The van der Waals surface area contributed by atoms with Crippen LogP contribution in [-0.4, -0.2) is 11.3 Å². The van der Waals surface area contributed by atoms with Gasteiger partial charge in [0.25, 0.3) is 0 Å². The Balaban J connectivity index is 1.20. The summed E-state index contributed by atoms with van der Waals surface area (Å²) in [5, 5.41) is 7.37. The zero-order valence-electron chi connectivity index (χ0n) is 32.6. The molecule has 4 heterocycles. The van der Waals surface area contributed by atoms with E-state index >= 15 is 0 Å². The molecule has 0 saturated heterocycles. The molecule has 2 aliphatic heterocycles. The first-order valence-corrected chi connectivity index (χ1v) is 20.7. The van der Waals surface area contributed by atoms with E-state index in [1.54, 1.807) is 0 Å². The lowest BCUT2D eigenvalue weighted by atomic mass is 9.44. The molecule has 0 spiro atoms. The Morgan fingerprint density at radius 3 is 2.12 bits per heavy atom. The van der Waals surface area contributed by atoms with Gasteiger partial charge >= 0.3 is 6.85 Å². The van der Waals surface area contributed by atoms with Crippen molar-refractivity contribution in [2.45, 2.75) is 19.3 Å². The summed E-state index contributed by atoms with van der Waals surface area (Å²) in [7, 11) is 0. The van der Waals surface area contributed by atoms with Crippen LogP contribution in [-0.2, 0) is 5.41 Å². The number of hydrogen-bond donors (Lipinski definition) is 0. The van der Waals surface area contributed by atoms with Crippen LogP contribution in [0, 0.1) is 0 Å². The van der Waals surface area contributed by atoms with Crippen LogP contribution < -0.4 is 15.8 Å². The van der Waals surface area contributed by atoms with Gasteiger partial charge in [-0.15, -0.1) is 0 Å². The summed E-state index contributed by atoms with van der Waals surface area (Å²) in [4.78, 5) is 2.55. The summed E-state index contributed by atoms with van der Waals surface area (Å²) < 4.78 is 9.60. The van der Waals surface area contributed by atoms with Gasteiger partial charge in [-0.25, -0.2) is 0 Å². The first kappa shape index (κ1) is 31.8. The fourth-order valence-corrected chi connectivity index (χ4v) is 11.3. The van der Waals surface area contributed by atoms with Crippen molar-refractivity contribution in [1.82, 2.24) is 4.48 Å². The smallest absolute Gasteiger partial charge is 0.333 e. The number of aromatic nitrogens is 1. The van der Waals surface area contributed by atoms with E-state index in [4.69, 9.17) is 4.42 Å². The molecule has 0 radical (unpaired) electrons. The van der Waals surface area contributed by atoms with Crippen molar-refractivity contribution in [3.05, 3.63) is 187 Å². The standard InChI is InChI=1S/C55H35BN2O/c1-55(2)42-23-10-8-19-39(42)50-43(55)31-48-52-51(50)40-22-12-20-37-41-28-33-16-6-7-17-34(33)29-46(41)58(53(37)40)56(52)44-27-26-35(32-14-4-3-5-15-32)30-47(44)57(48)45-24-13-21-38-36-18-9-11-25-49(36)59-54(38)45/h3-31H,1-2H3. The summed E-state index contributed by atoms with van der Waals surface area (Å²) in [5.74, 6) is 0. The molecule has 9 aromatic carbocycles. The summed E-state index contributed by atoms with van der Waals surface area (Å²) in [5.41, 5.74) is 20.7. The Morgan fingerprint density at radius 2 is 1.22 bits per heavy atom. The highest BCUT2D eigenvalue weighted by Crippen LogP contribution is 2.57. The molecule has 1 aliphatic carbocycles. The van der Waals surface area contributed by atoms with Gasteiger partial charge in [0.1, 0.15) is 5.58 Å². The van der Waals surface area contributed by atoms with Gasteiger partial charge in [-0.2, -0.15) is 0 Å². The zero-order chi connectivity index (χ0) is 38.7. The number of para-hydroxylation sites is 3. The fourth-order valence-electron chi connectivity index (χ4n) is 11.3. The highest BCUT2D eigenvalue weighted by Gasteiger charge is 2.48. The molecule has 0 amide bonds. The van der Waals surface area contributed by atoms with Gasteiger partial charge in [0.2, 0.25) is 0 Å². The van der Waals surface area contributed by atoms with E-state index in [9.17, 15) is 0 Å². The lowest BCUT2D eigenvalue weighted by Crippen LogP contribution is -2.57. The molecule has 4 heteroatoms. The van der Waals surface area contributed by atoms with E-state index in [0.29, 0.717) is 0 Å². The second kappa shape index (κ2) is 11.0. The Hall–Kier alpha value is -7.30. The topological polar surface area (TPSA) is 21.3 Å². The van der Waals surface area contributed by atoms with Gasteiger partial charge < -0.3 is 13.8 Å². The molecular formula is C55H35BN2O. The summed E-state index contributed by atoms with van der Waals surface area (Å²) in [6, 6.07) is 65.5. The molecule has 0 atom stereocenters. The number of fused-ring (bicyclic) bond motifs is 15. The average molecular weight is 751 g/mol. The number of hydrogen-bond acceptors (Lipinski definition) is 2. The molecule has 14 rings (SSSR count). The Bertz CT molecular complexity index is 3670. The lowest BCUT2D eigenvalue weighted by Gasteiger charge is -2.42. The monoisotopic (exact) mass is 750 g/mol. The third-order valence-electron chi connectivity index (χ3n) is 13.9. The minimum atomic E-state index is -0.216. The summed E-state index contributed by atoms with van der Waals surface area (Å²) in [6.45, 7) is 4.74. The third-order valence-corrected chi connectivity index (χ3v) is 13.9. The molecule has 0 N–H and O–H groups in total. The van der Waals surface area contributed by atoms with Crippen LogP contribution in [0.15, 0.2) is 180 Å². The van der Waals surface area contributed by atoms with Crippen molar-refractivity contribution >= 4 is 89.4 Å². The number of anilines is 3. The molecular weight excluding hydrogens is 715 g/mol. The number of nitrogens with zero attached hydrogens (tertiary/aromatic N) is 2. The predicted octanol–water partition coefficient (Wildman–Crippen LogP) is 13.2. The van der Waals surface area contributed by atoms with Gasteiger partial charge in [0, 0.05) is 54.9 Å². The van der Waals surface area contributed by atoms with Crippen molar-refractivity contribution in [2.75, 3.05) is 4.90 Å². The fraction of sp³-hybridized carbons (Fsp3) is 0.0545. The maximum absolute atomic E-state index is 6.91. The molecule has 0 bridgehead atoms. The van der Waals surface area contributed by atoms with Crippen molar-refractivity contribution in [3.63, 3.8) is 0 Å². The maximum atomic E-state index is 6.91. The van der Waals surface area contributed by atoms with E-state index in [2.05, 4.69) is 199 Å². The minimum Gasteiger partial charge on any atom is -0.454 e. The quantitative estimate of drug-likeness (QED) is 0.164. The van der Waals surface area contributed by atoms with Crippen LogP contribution in [0.1, 0.15) is 25.0 Å². The third kappa shape index (κ3) is 3.94. The minimum absolute atomic E-state index is 0.0804. The number of rotatable bonds is 2. The molecule has 0 saturated carbocycles. The van der Waals surface area contributed by atoms with Gasteiger partial charge in [-0.1, -0.05) is 153 Å². The second-order valence-corrected chi connectivity index (χ2v) is 17.2.